The predicted molar refractivity (Wildman–Crippen MR) is 136 cm³/mol. The Labute approximate surface area is 207 Å². The molecule has 35 heavy (non-hydrogen) atoms. The zero-order valence-corrected chi connectivity index (χ0v) is 20.4. The summed E-state index contributed by atoms with van der Waals surface area (Å²) in [5, 5.41) is 0.914. The number of anilines is 1. The van der Waals surface area contributed by atoms with Crippen LogP contribution in [0.4, 0.5) is 5.69 Å². The normalized spacial score (nSPS) is 14.9. The van der Waals surface area contributed by atoms with Gasteiger partial charge in [-0.2, -0.15) is 0 Å². The molecule has 0 N–H and O–H groups in total. The molecule has 2 heterocycles. The van der Waals surface area contributed by atoms with Gasteiger partial charge in [-0.05, 0) is 68.8 Å². The van der Waals surface area contributed by atoms with E-state index in [2.05, 4.69) is 0 Å². The number of halogens is 1. The highest BCUT2D eigenvalue weighted by Gasteiger charge is 2.44. The van der Waals surface area contributed by atoms with Gasteiger partial charge in [0, 0.05) is 10.7 Å². The minimum absolute atomic E-state index is 0.0307. The molecule has 1 amide bonds. The monoisotopic (exact) mass is 489 g/mol. The van der Waals surface area contributed by atoms with Crippen LogP contribution in [0.3, 0.4) is 0 Å². The first-order chi connectivity index (χ1) is 16.9. The molecule has 0 fully saturated rings. The van der Waals surface area contributed by atoms with Gasteiger partial charge in [-0.3, -0.25) is 14.5 Å². The van der Waals surface area contributed by atoms with Gasteiger partial charge in [0.15, 0.2) is 16.9 Å². The molecule has 0 bridgehead atoms. The second-order valence-electron chi connectivity index (χ2n) is 8.30. The molecule has 0 saturated carbocycles. The summed E-state index contributed by atoms with van der Waals surface area (Å²) in [6.07, 6.45) is 0. The largest absolute Gasteiger partial charge is 0.490 e. The first kappa shape index (κ1) is 23.0. The van der Waals surface area contributed by atoms with Gasteiger partial charge in [0.2, 0.25) is 5.76 Å². The molecule has 5 rings (SSSR count). The molecule has 3 aromatic carbocycles. The van der Waals surface area contributed by atoms with Gasteiger partial charge in [-0.15, -0.1) is 0 Å². The molecule has 0 saturated heterocycles. The van der Waals surface area contributed by atoms with Gasteiger partial charge in [-0.25, -0.2) is 0 Å². The SMILES string of the molecule is CCOc1ccc(C2c3c(oc4ccc(C)cc4c3=O)C(=O)N2c2cccc(Cl)c2)cc1OCC. The Hall–Kier alpha value is -3.77. The van der Waals surface area contributed by atoms with Crippen LogP contribution in [0.5, 0.6) is 11.5 Å². The van der Waals surface area contributed by atoms with Gasteiger partial charge in [-0.1, -0.05) is 35.4 Å². The zero-order chi connectivity index (χ0) is 24.7. The highest BCUT2D eigenvalue weighted by molar-refractivity contribution is 6.31. The van der Waals surface area contributed by atoms with Crippen LogP contribution in [-0.2, 0) is 0 Å². The van der Waals surface area contributed by atoms with E-state index in [1.807, 2.05) is 39.0 Å². The molecule has 6 nitrogen and oxygen atoms in total. The van der Waals surface area contributed by atoms with Crippen molar-refractivity contribution < 1.29 is 18.7 Å². The number of carbonyl (C=O) groups excluding carboxylic acids is 1. The standard InChI is InChI=1S/C28H24ClNO5/c1-4-33-22-12-10-17(14-23(22)34-5-2)25-24-26(31)20-13-16(3)9-11-21(20)35-27(24)28(32)30(25)19-8-6-7-18(29)15-19/h6-15,25H,4-5H2,1-3H3. The maximum Gasteiger partial charge on any atom is 0.295 e. The summed E-state index contributed by atoms with van der Waals surface area (Å²) >= 11 is 6.27. The van der Waals surface area contributed by atoms with E-state index >= 15 is 0 Å². The predicted octanol–water partition coefficient (Wildman–Crippen LogP) is 6.30. The van der Waals surface area contributed by atoms with Crippen LogP contribution in [0.15, 0.2) is 69.9 Å². The van der Waals surface area contributed by atoms with Crippen LogP contribution in [0.2, 0.25) is 5.02 Å². The summed E-state index contributed by atoms with van der Waals surface area (Å²) in [6.45, 7) is 6.61. The second kappa shape index (κ2) is 9.12. The average Bonchev–Trinajstić information content (AvgIpc) is 3.13. The molecule has 1 atom stereocenters. The lowest BCUT2D eigenvalue weighted by molar-refractivity contribution is 0.0971. The first-order valence-corrected chi connectivity index (χ1v) is 11.9. The molecule has 0 radical (unpaired) electrons. The lowest BCUT2D eigenvalue weighted by Gasteiger charge is -2.26. The maximum absolute atomic E-state index is 13.8. The van der Waals surface area contributed by atoms with Gasteiger partial charge >= 0.3 is 0 Å². The van der Waals surface area contributed by atoms with Crippen molar-refractivity contribution in [2.75, 3.05) is 18.1 Å². The van der Waals surface area contributed by atoms with Crippen molar-refractivity contribution in [3.63, 3.8) is 0 Å². The Kier molecular flexibility index (Phi) is 5.99. The number of ether oxygens (including phenoxy) is 2. The number of fused-ring (bicyclic) bond motifs is 2. The van der Waals surface area contributed by atoms with Crippen molar-refractivity contribution in [2.45, 2.75) is 26.8 Å². The number of hydrogen-bond acceptors (Lipinski definition) is 5. The van der Waals surface area contributed by atoms with Gasteiger partial charge < -0.3 is 13.9 Å². The van der Waals surface area contributed by atoms with E-state index in [4.69, 9.17) is 25.5 Å². The van der Waals surface area contributed by atoms with Crippen molar-refractivity contribution >= 4 is 34.2 Å². The smallest absolute Gasteiger partial charge is 0.295 e. The Morgan fingerprint density at radius 2 is 1.71 bits per heavy atom. The topological polar surface area (TPSA) is 69.0 Å². The molecule has 4 aromatic rings. The van der Waals surface area contributed by atoms with E-state index in [0.717, 1.165) is 5.56 Å². The fraction of sp³-hybridized carbons (Fsp3) is 0.214. The molecular formula is C28H24ClNO5. The lowest BCUT2D eigenvalue weighted by atomic mass is 9.97. The molecule has 1 aromatic heterocycles. The Morgan fingerprint density at radius 1 is 0.943 bits per heavy atom. The molecule has 0 aliphatic carbocycles. The number of hydrogen-bond donors (Lipinski definition) is 0. The molecule has 1 unspecified atom stereocenters. The Bertz CT molecular complexity index is 1510. The summed E-state index contributed by atoms with van der Waals surface area (Å²) in [7, 11) is 0. The van der Waals surface area contributed by atoms with Crippen molar-refractivity contribution in [2.24, 2.45) is 0 Å². The summed E-state index contributed by atoms with van der Waals surface area (Å²) in [4.78, 5) is 29.1. The summed E-state index contributed by atoms with van der Waals surface area (Å²) in [5.74, 6) is 0.764. The third-order valence-corrected chi connectivity index (χ3v) is 6.23. The number of benzene rings is 3. The van der Waals surface area contributed by atoms with Crippen LogP contribution in [-0.4, -0.2) is 19.1 Å². The molecule has 1 aliphatic rings. The molecule has 7 heteroatoms. The summed E-state index contributed by atoms with van der Waals surface area (Å²) in [5.41, 5.74) is 2.62. The summed E-state index contributed by atoms with van der Waals surface area (Å²) in [6, 6.07) is 17.1. The van der Waals surface area contributed by atoms with Crippen molar-refractivity contribution in [1.82, 2.24) is 0 Å². The number of nitrogens with zero attached hydrogens (tertiary/aromatic N) is 1. The molecule has 0 spiro atoms. The van der Waals surface area contributed by atoms with Crippen LogP contribution >= 0.6 is 11.6 Å². The number of carbonyl (C=O) groups is 1. The quantitative estimate of drug-likeness (QED) is 0.318. The zero-order valence-electron chi connectivity index (χ0n) is 19.6. The van der Waals surface area contributed by atoms with Crippen LogP contribution in [0, 0.1) is 6.92 Å². The van der Waals surface area contributed by atoms with E-state index in [1.165, 1.54) is 0 Å². The van der Waals surface area contributed by atoms with E-state index in [1.54, 1.807) is 47.4 Å². The number of amides is 1. The first-order valence-electron chi connectivity index (χ1n) is 11.5. The molecule has 1 aliphatic heterocycles. The van der Waals surface area contributed by atoms with E-state index < -0.39 is 11.9 Å². The second-order valence-corrected chi connectivity index (χ2v) is 8.74. The van der Waals surface area contributed by atoms with Crippen molar-refractivity contribution in [1.29, 1.82) is 0 Å². The minimum Gasteiger partial charge on any atom is -0.490 e. The summed E-state index contributed by atoms with van der Waals surface area (Å²) < 4.78 is 17.6. The van der Waals surface area contributed by atoms with E-state index in [0.29, 0.717) is 57.5 Å². The van der Waals surface area contributed by atoms with Crippen molar-refractivity contribution in [3.8, 4) is 11.5 Å². The maximum atomic E-state index is 13.8. The number of rotatable bonds is 6. The molecular weight excluding hydrogens is 466 g/mol. The van der Waals surface area contributed by atoms with E-state index in [-0.39, 0.29) is 11.2 Å². The van der Waals surface area contributed by atoms with Crippen molar-refractivity contribution in [3.05, 3.63) is 98.4 Å². The fourth-order valence-electron chi connectivity index (χ4n) is 4.53. The van der Waals surface area contributed by atoms with Crippen LogP contribution in [0.25, 0.3) is 11.0 Å². The highest BCUT2D eigenvalue weighted by atomic mass is 35.5. The average molecular weight is 490 g/mol. The Balaban J connectivity index is 1.79. The third-order valence-electron chi connectivity index (χ3n) is 6.00. The van der Waals surface area contributed by atoms with Gasteiger partial charge in [0.05, 0.1) is 30.2 Å². The minimum atomic E-state index is -0.730. The van der Waals surface area contributed by atoms with E-state index in [9.17, 15) is 9.59 Å². The van der Waals surface area contributed by atoms with Gasteiger partial charge in [0.1, 0.15) is 5.58 Å². The fourth-order valence-corrected chi connectivity index (χ4v) is 4.72. The Morgan fingerprint density at radius 3 is 2.46 bits per heavy atom. The lowest BCUT2D eigenvalue weighted by Crippen LogP contribution is -2.29. The third kappa shape index (κ3) is 3.94. The van der Waals surface area contributed by atoms with Crippen LogP contribution in [0.1, 0.15) is 47.1 Å². The molecule has 178 valence electrons. The van der Waals surface area contributed by atoms with Gasteiger partial charge in [0.25, 0.3) is 5.91 Å². The highest BCUT2D eigenvalue weighted by Crippen LogP contribution is 2.43. The van der Waals surface area contributed by atoms with Crippen LogP contribution < -0.4 is 19.8 Å². The number of aryl methyl sites for hydroxylation is 1.